The number of anilines is 1. The quantitative estimate of drug-likeness (QED) is 0.913. The predicted molar refractivity (Wildman–Crippen MR) is 83.3 cm³/mol. The lowest BCUT2D eigenvalue weighted by Gasteiger charge is -2.36. The first-order valence-corrected chi connectivity index (χ1v) is 7.86. The van der Waals surface area contributed by atoms with Crippen molar-refractivity contribution in [2.75, 3.05) is 38.6 Å². The second kappa shape index (κ2) is 6.15. The van der Waals surface area contributed by atoms with Gasteiger partial charge in [-0.25, -0.2) is 0 Å². The number of para-hydroxylation sites is 1. The molecule has 0 aliphatic carbocycles. The van der Waals surface area contributed by atoms with Crippen LogP contribution in [0.5, 0.6) is 0 Å². The first-order chi connectivity index (χ1) is 9.78. The lowest BCUT2D eigenvalue weighted by atomic mass is 9.94. The molecule has 3 atom stereocenters. The van der Waals surface area contributed by atoms with Gasteiger partial charge in [0.2, 0.25) is 0 Å². The summed E-state index contributed by atoms with van der Waals surface area (Å²) in [5, 5.41) is 3.52. The summed E-state index contributed by atoms with van der Waals surface area (Å²) in [4.78, 5) is 2.58. The molecule has 1 fully saturated rings. The van der Waals surface area contributed by atoms with Crippen molar-refractivity contribution < 1.29 is 4.74 Å². The molecule has 2 aliphatic rings. The molecule has 2 aliphatic heterocycles. The zero-order chi connectivity index (χ0) is 13.9. The van der Waals surface area contributed by atoms with Crippen LogP contribution in [-0.4, -0.2) is 44.3 Å². The van der Waals surface area contributed by atoms with E-state index in [1.54, 1.807) is 0 Å². The summed E-state index contributed by atoms with van der Waals surface area (Å²) in [5.41, 5.74) is 2.83. The van der Waals surface area contributed by atoms with Crippen molar-refractivity contribution in [3.05, 3.63) is 29.8 Å². The van der Waals surface area contributed by atoms with Gasteiger partial charge in [-0.05, 0) is 43.5 Å². The van der Waals surface area contributed by atoms with Gasteiger partial charge in [-0.2, -0.15) is 0 Å². The van der Waals surface area contributed by atoms with E-state index in [0.717, 1.165) is 13.1 Å². The molecule has 0 aromatic heterocycles. The van der Waals surface area contributed by atoms with E-state index in [4.69, 9.17) is 4.74 Å². The Labute approximate surface area is 122 Å². The van der Waals surface area contributed by atoms with Gasteiger partial charge in [-0.15, -0.1) is 0 Å². The van der Waals surface area contributed by atoms with Crippen molar-refractivity contribution in [3.8, 4) is 0 Å². The van der Waals surface area contributed by atoms with Crippen molar-refractivity contribution in [1.82, 2.24) is 4.90 Å². The third-order valence-electron chi connectivity index (χ3n) is 5.01. The molecule has 2 heterocycles. The topological polar surface area (TPSA) is 24.5 Å². The molecule has 0 radical (unpaired) electrons. The van der Waals surface area contributed by atoms with Crippen LogP contribution in [0.15, 0.2) is 24.3 Å². The first kappa shape index (κ1) is 13.9. The lowest BCUT2D eigenvalue weighted by molar-refractivity contribution is -0.00547. The van der Waals surface area contributed by atoms with Gasteiger partial charge < -0.3 is 15.0 Å². The van der Waals surface area contributed by atoms with Crippen LogP contribution in [0.4, 0.5) is 5.69 Å². The minimum absolute atomic E-state index is 0.415. The predicted octanol–water partition coefficient (Wildman–Crippen LogP) is 2.94. The molecule has 1 N–H and O–H groups in total. The van der Waals surface area contributed by atoms with Crippen LogP contribution in [0.3, 0.4) is 0 Å². The number of hydrogen-bond donors (Lipinski definition) is 1. The minimum atomic E-state index is 0.415. The van der Waals surface area contributed by atoms with E-state index >= 15 is 0 Å². The molecular formula is C17H26N2O. The highest BCUT2D eigenvalue weighted by Gasteiger charge is 2.27. The maximum absolute atomic E-state index is 5.61. The van der Waals surface area contributed by atoms with E-state index < -0.39 is 0 Å². The Hall–Kier alpha value is -1.06. The summed E-state index contributed by atoms with van der Waals surface area (Å²) in [6.45, 7) is 6.91. The molecule has 0 spiro atoms. The van der Waals surface area contributed by atoms with Gasteiger partial charge in [-0.3, -0.25) is 0 Å². The van der Waals surface area contributed by atoms with Crippen LogP contribution in [-0.2, 0) is 4.74 Å². The van der Waals surface area contributed by atoms with Crippen LogP contribution < -0.4 is 5.32 Å². The number of hydrogen-bond acceptors (Lipinski definition) is 3. The summed E-state index contributed by atoms with van der Waals surface area (Å²) in [6, 6.07) is 8.74. The molecule has 0 amide bonds. The highest BCUT2D eigenvalue weighted by atomic mass is 16.5. The summed E-state index contributed by atoms with van der Waals surface area (Å²) in [6.07, 6.45) is 2.92. The maximum Gasteiger partial charge on any atom is 0.0724 e. The van der Waals surface area contributed by atoms with Gasteiger partial charge >= 0.3 is 0 Å². The zero-order valence-electron chi connectivity index (χ0n) is 12.6. The van der Waals surface area contributed by atoms with Crippen molar-refractivity contribution in [2.45, 2.75) is 31.8 Å². The van der Waals surface area contributed by atoms with E-state index in [1.807, 2.05) is 7.11 Å². The largest absolute Gasteiger partial charge is 0.384 e. The van der Waals surface area contributed by atoms with E-state index in [2.05, 4.69) is 41.4 Å². The number of nitrogens with zero attached hydrogens (tertiary/aromatic N) is 1. The standard InChI is InChI=1S/C17H26N2O/c1-13-7-9-19(12-17(13)20-2)10-8-14-11-18-16-6-4-3-5-15(14)16/h3-6,13-14,17-18H,7-12H2,1-2H3. The van der Waals surface area contributed by atoms with Crippen molar-refractivity contribution >= 4 is 5.69 Å². The number of methoxy groups -OCH3 is 1. The van der Waals surface area contributed by atoms with Crippen LogP contribution in [0.1, 0.15) is 31.2 Å². The Balaban J connectivity index is 1.53. The van der Waals surface area contributed by atoms with Crippen LogP contribution in [0.2, 0.25) is 0 Å². The van der Waals surface area contributed by atoms with E-state index in [1.165, 1.54) is 37.2 Å². The van der Waals surface area contributed by atoms with Gasteiger partial charge in [-0.1, -0.05) is 25.1 Å². The SMILES string of the molecule is COC1CN(CCC2CNc3ccccc32)CCC1C. The Kier molecular flexibility index (Phi) is 4.27. The van der Waals surface area contributed by atoms with Gasteiger partial charge in [0.1, 0.15) is 0 Å². The second-order valence-corrected chi connectivity index (χ2v) is 6.29. The number of likely N-dealkylation sites (tertiary alicyclic amines) is 1. The van der Waals surface area contributed by atoms with Crippen molar-refractivity contribution in [1.29, 1.82) is 0 Å². The Morgan fingerprint density at radius 1 is 1.35 bits per heavy atom. The maximum atomic E-state index is 5.61. The second-order valence-electron chi connectivity index (χ2n) is 6.29. The molecule has 1 aromatic rings. The average molecular weight is 274 g/mol. The highest BCUT2D eigenvalue weighted by molar-refractivity contribution is 5.57. The van der Waals surface area contributed by atoms with E-state index in [0.29, 0.717) is 17.9 Å². The summed E-state index contributed by atoms with van der Waals surface area (Å²) in [7, 11) is 1.85. The summed E-state index contributed by atoms with van der Waals surface area (Å²) >= 11 is 0. The van der Waals surface area contributed by atoms with Crippen LogP contribution >= 0.6 is 0 Å². The molecular weight excluding hydrogens is 248 g/mol. The van der Waals surface area contributed by atoms with E-state index in [9.17, 15) is 0 Å². The molecule has 1 aromatic carbocycles. The number of rotatable bonds is 4. The summed E-state index contributed by atoms with van der Waals surface area (Å²) in [5.74, 6) is 1.37. The molecule has 110 valence electrons. The fourth-order valence-electron chi connectivity index (χ4n) is 3.56. The molecule has 3 nitrogen and oxygen atoms in total. The number of benzene rings is 1. The number of nitrogens with one attached hydrogen (secondary N) is 1. The molecule has 0 bridgehead atoms. The number of piperidine rings is 1. The highest BCUT2D eigenvalue weighted by Crippen LogP contribution is 2.33. The molecule has 0 saturated carbocycles. The number of ether oxygens (including phenoxy) is 1. The van der Waals surface area contributed by atoms with Gasteiger partial charge in [0.15, 0.2) is 0 Å². The lowest BCUT2D eigenvalue weighted by Crippen LogP contribution is -2.44. The van der Waals surface area contributed by atoms with E-state index in [-0.39, 0.29) is 0 Å². The monoisotopic (exact) mass is 274 g/mol. The van der Waals surface area contributed by atoms with Crippen molar-refractivity contribution in [2.24, 2.45) is 5.92 Å². The number of fused-ring (bicyclic) bond motifs is 1. The molecule has 3 rings (SSSR count). The van der Waals surface area contributed by atoms with Crippen LogP contribution in [0, 0.1) is 5.92 Å². The van der Waals surface area contributed by atoms with Crippen molar-refractivity contribution in [3.63, 3.8) is 0 Å². The minimum Gasteiger partial charge on any atom is -0.384 e. The van der Waals surface area contributed by atoms with Gasteiger partial charge in [0, 0.05) is 31.8 Å². The Morgan fingerprint density at radius 2 is 2.20 bits per heavy atom. The fraction of sp³-hybridized carbons (Fsp3) is 0.647. The molecule has 3 heteroatoms. The van der Waals surface area contributed by atoms with Crippen LogP contribution in [0.25, 0.3) is 0 Å². The third-order valence-corrected chi connectivity index (χ3v) is 5.01. The molecule has 3 unspecified atom stereocenters. The first-order valence-electron chi connectivity index (χ1n) is 7.86. The third kappa shape index (κ3) is 2.84. The zero-order valence-corrected chi connectivity index (χ0v) is 12.6. The Bertz CT molecular complexity index is 448. The van der Waals surface area contributed by atoms with Gasteiger partial charge in [0.25, 0.3) is 0 Å². The summed E-state index contributed by atoms with van der Waals surface area (Å²) < 4.78 is 5.61. The average Bonchev–Trinajstić information content (AvgIpc) is 2.90. The normalized spacial score (nSPS) is 30.0. The molecule has 1 saturated heterocycles. The fourth-order valence-corrected chi connectivity index (χ4v) is 3.56. The smallest absolute Gasteiger partial charge is 0.0724 e. The molecule has 20 heavy (non-hydrogen) atoms. The van der Waals surface area contributed by atoms with Gasteiger partial charge in [0.05, 0.1) is 6.10 Å². The Morgan fingerprint density at radius 3 is 3.05 bits per heavy atom.